The van der Waals surface area contributed by atoms with E-state index in [-0.39, 0.29) is 28.5 Å². The Hall–Kier alpha value is -1.12. The molecule has 3 heteroatoms. The molecule has 0 radical (unpaired) electrons. The van der Waals surface area contributed by atoms with E-state index in [2.05, 4.69) is 27.7 Å². The minimum atomic E-state index is -0.266. The van der Waals surface area contributed by atoms with E-state index in [1.165, 1.54) is 0 Å². The van der Waals surface area contributed by atoms with Gasteiger partial charge in [-0.2, -0.15) is 0 Å². The van der Waals surface area contributed by atoms with Crippen molar-refractivity contribution in [3.8, 4) is 0 Å². The Balaban J connectivity index is 2.29. The van der Waals surface area contributed by atoms with Crippen LogP contribution < -0.4 is 0 Å². The number of ether oxygens (including phenoxy) is 1. The molecule has 2 aliphatic carbocycles. The molecule has 2 rings (SSSR count). The molecule has 2 saturated carbocycles. The lowest BCUT2D eigenvalue weighted by Crippen LogP contribution is -2.32. The number of fused-ring (bicyclic) bond motifs is 2. The van der Waals surface area contributed by atoms with Gasteiger partial charge < -0.3 is 4.74 Å². The molecule has 0 aromatic rings. The van der Waals surface area contributed by atoms with Gasteiger partial charge in [0.25, 0.3) is 0 Å². The van der Waals surface area contributed by atoms with E-state index < -0.39 is 0 Å². The highest BCUT2D eigenvalue weighted by molar-refractivity contribution is 6.05. The molecule has 0 unspecified atom stereocenters. The molecule has 2 bridgehead atoms. The maximum Gasteiger partial charge on any atom is 0.312 e. The number of carbonyl (C=O) groups excluding carboxylic acids is 2. The zero-order chi connectivity index (χ0) is 16.5. The van der Waals surface area contributed by atoms with E-state index in [1.54, 1.807) is 0 Å². The van der Waals surface area contributed by atoms with E-state index >= 15 is 0 Å². The minimum Gasteiger partial charge on any atom is -0.466 e. The van der Waals surface area contributed by atoms with Crippen molar-refractivity contribution in [3.05, 3.63) is 11.6 Å². The Kier molecular flexibility index (Phi) is 4.84. The fraction of sp³-hybridized carbons (Fsp3) is 0.789. The first-order chi connectivity index (χ1) is 10.3. The van der Waals surface area contributed by atoms with Crippen LogP contribution in [0.5, 0.6) is 0 Å². The van der Waals surface area contributed by atoms with Gasteiger partial charge >= 0.3 is 5.97 Å². The van der Waals surface area contributed by atoms with Crippen LogP contribution in [0, 0.1) is 22.7 Å². The second-order valence-corrected chi connectivity index (χ2v) is 7.60. The zero-order valence-corrected chi connectivity index (χ0v) is 14.7. The van der Waals surface area contributed by atoms with Gasteiger partial charge in [-0.25, -0.2) is 0 Å². The summed E-state index contributed by atoms with van der Waals surface area (Å²) in [5.41, 5.74) is 0.640. The maximum absolute atomic E-state index is 12.9. The third-order valence-corrected chi connectivity index (χ3v) is 6.20. The van der Waals surface area contributed by atoms with Crippen LogP contribution >= 0.6 is 0 Å². The molecule has 2 fully saturated rings. The molecule has 22 heavy (non-hydrogen) atoms. The molecule has 0 N–H and O–H groups in total. The molecule has 0 aromatic heterocycles. The monoisotopic (exact) mass is 306 g/mol. The number of unbranched alkanes of at least 4 members (excludes halogenated alkanes) is 1. The van der Waals surface area contributed by atoms with Crippen molar-refractivity contribution in [1.82, 2.24) is 0 Å². The molecule has 0 amide bonds. The van der Waals surface area contributed by atoms with Gasteiger partial charge in [-0.3, -0.25) is 9.59 Å². The van der Waals surface area contributed by atoms with E-state index in [9.17, 15) is 9.59 Å². The fourth-order valence-electron chi connectivity index (χ4n) is 4.28. The quantitative estimate of drug-likeness (QED) is 0.542. The highest BCUT2D eigenvalue weighted by atomic mass is 16.5. The number of hydrogen-bond donors (Lipinski definition) is 0. The Morgan fingerprint density at radius 3 is 2.55 bits per heavy atom. The van der Waals surface area contributed by atoms with Gasteiger partial charge in [-0.1, -0.05) is 46.6 Å². The van der Waals surface area contributed by atoms with Crippen LogP contribution in [-0.4, -0.2) is 18.4 Å². The fourth-order valence-corrected chi connectivity index (χ4v) is 4.28. The second-order valence-electron chi connectivity index (χ2n) is 7.60. The number of esters is 1. The molecule has 2 aliphatic rings. The molecular formula is C19H30O3. The van der Waals surface area contributed by atoms with Crippen molar-refractivity contribution in [3.63, 3.8) is 0 Å². The molecule has 3 nitrogen and oxygen atoms in total. The molecule has 0 aromatic carbocycles. The number of rotatable bonds is 6. The Morgan fingerprint density at radius 2 is 2.05 bits per heavy atom. The first-order valence-electron chi connectivity index (χ1n) is 8.72. The molecule has 0 heterocycles. The lowest BCUT2D eigenvalue weighted by Gasteiger charge is -2.31. The van der Waals surface area contributed by atoms with Crippen LogP contribution in [0.4, 0.5) is 0 Å². The number of ketones is 1. The highest BCUT2D eigenvalue weighted by Crippen LogP contribution is 2.65. The van der Waals surface area contributed by atoms with Crippen LogP contribution in [0.3, 0.4) is 0 Å². The van der Waals surface area contributed by atoms with Gasteiger partial charge in [0.1, 0.15) is 0 Å². The largest absolute Gasteiger partial charge is 0.466 e. The lowest BCUT2D eigenvalue weighted by molar-refractivity contribution is -0.146. The van der Waals surface area contributed by atoms with Gasteiger partial charge in [0.2, 0.25) is 0 Å². The molecule has 3 atom stereocenters. The van der Waals surface area contributed by atoms with E-state index in [4.69, 9.17) is 4.74 Å². The van der Waals surface area contributed by atoms with E-state index in [1.807, 2.05) is 13.0 Å². The minimum absolute atomic E-state index is 0.000115. The van der Waals surface area contributed by atoms with Crippen LogP contribution in [-0.2, 0) is 14.3 Å². The van der Waals surface area contributed by atoms with Crippen LogP contribution in [0.2, 0.25) is 0 Å². The van der Waals surface area contributed by atoms with Crippen molar-refractivity contribution in [2.24, 2.45) is 22.7 Å². The van der Waals surface area contributed by atoms with Gasteiger partial charge in [-0.05, 0) is 43.1 Å². The smallest absolute Gasteiger partial charge is 0.312 e. The highest BCUT2D eigenvalue weighted by Gasteiger charge is 2.63. The molecular weight excluding hydrogens is 276 g/mol. The average Bonchev–Trinajstić information content (AvgIpc) is 2.77. The third kappa shape index (κ3) is 2.53. The lowest BCUT2D eigenvalue weighted by atomic mass is 9.70. The van der Waals surface area contributed by atoms with Crippen LogP contribution in [0.25, 0.3) is 0 Å². The summed E-state index contributed by atoms with van der Waals surface area (Å²) in [6.45, 7) is 10.8. The first-order valence-corrected chi connectivity index (χ1v) is 8.72. The summed E-state index contributed by atoms with van der Waals surface area (Å²) in [7, 11) is 0. The predicted octanol–water partition coefficient (Wildman–Crippen LogP) is 4.31. The number of hydrogen-bond acceptors (Lipinski definition) is 3. The molecule has 0 aliphatic heterocycles. The molecule has 124 valence electrons. The summed E-state index contributed by atoms with van der Waals surface area (Å²) in [6, 6.07) is 0. The number of Topliss-reactive ketones (excluding diaryl/α,β-unsaturated/α-hetero) is 1. The van der Waals surface area contributed by atoms with Crippen molar-refractivity contribution in [2.45, 2.75) is 66.7 Å². The van der Waals surface area contributed by atoms with E-state index in [0.717, 1.165) is 37.7 Å². The second kappa shape index (κ2) is 6.17. The Labute approximate surface area is 134 Å². The van der Waals surface area contributed by atoms with Gasteiger partial charge in [0.15, 0.2) is 5.78 Å². The summed E-state index contributed by atoms with van der Waals surface area (Å²) >= 11 is 0. The zero-order valence-electron chi connectivity index (χ0n) is 14.7. The van der Waals surface area contributed by atoms with Crippen molar-refractivity contribution in [1.29, 1.82) is 0 Å². The SMILES string of the molecule is CCCC[C@H](/C=C1/C(=O)[C@@]2(C)CC[C@@H]1C2(C)C)C(=O)OCC. The van der Waals surface area contributed by atoms with Gasteiger partial charge in [-0.15, -0.1) is 0 Å². The summed E-state index contributed by atoms with van der Waals surface area (Å²) in [6.07, 6.45) is 6.78. The van der Waals surface area contributed by atoms with Crippen molar-refractivity contribution in [2.75, 3.05) is 6.61 Å². The summed E-state index contributed by atoms with van der Waals surface area (Å²) in [4.78, 5) is 25.1. The van der Waals surface area contributed by atoms with E-state index in [0.29, 0.717) is 12.5 Å². The number of allylic oxidation sites excluding steroid dienone is 1. The standard InChI is InChI=1S/C19H30O3/c1-6-8-9-13(17(21)22-7-2)12-14-15-10-11-19(5,16(14)20)18(15,3)4/h12-13,15H,6-11H2,1-5H3/b14-12+/t13-,15+,19-/m1/s1. The Morgan fingerprint density at radius 1 is 1.36 bits per heavy atom. The van der Waals surface area contributed by atoms with Crippen LogP contribution in [0.1, 0.15) is 66.7 Å². The molecule has 0 spiro atoms. The van der Waals surface area contributed by atoms with Gasteiger partial charge in [0, 0.05) is 5.41 Å². The first kappa shape index (κ1) is 17.2. The maximum atomic E-state index is 12.9. The predicted molar refractivity (Wildman–Crippen MR) is 87.4 cm³/mol. The third-order valence-electron chi connectivity index (χ3n) is 6.20. The normalized spacial score (nSPS) is 32.5. The topological polar surface area (TPSA) is 43.4 Å². The summed E-state index contributed by atoms with van der Waals surface area (Å²) in [5.74, 6) is 0.114. The molecule has 0 saturated heterocycles. The van der Waals surface area contributed by atoms with Crippen LogP contribution in [0.15, 0.2) is 11.6 Å². The summed E-state index contributed by atoms with van der Waals surface area (Å²) in [5, 5.41) is 0. The Bertz CT molecular complexity index is 489. The average molecular weight is 306 g/mol. The van der Waals surface area contributed by atoms with Crippen molar-refractivity contribution >= 4 is 11.8 Å². The van der Waals surface area contributed by atoms with Gasteiger partial charge in [0.05, 0.1) is 12.5 Å². The van der Waals surface area contributed by atoms with Crippen molar-refractivity contribution < 1.29 is 14.3 Å². The number of carbonyl (C=O) groups is 2. The summed E-state index contributed by atoms with van der Waals surface area (Å²) < 4.78 is 5.21.